The summed E-state index contributed by atoms with van der Waals surface area (Å²) in [4.78, 5) is 11.3. The van der Waals surface area contributed by atoms with Crippen molar-refractivity contribution in [2.45, 2.75) is 32.6 Å². The molecule has 0 amide bonds. The number of para-hydroxylation sites is 6. The molecule has 6 nitrogen and oxygen atoms in total. The number of nitrogens with one attached hydrogen (secondary N) is 1. The predicted molar refractivity (Wildman–Crippen MR) is 335 cm³/mol. The van der Waals surface area contributed by atoms with Crippen molar-refractivity contribution >= 4 is 102 Å². The third-order valence-electron chi connectivity index (χ3n) is 16.6. The lowest BCUT2D eigenvalue weighted by Crippen LogP contribution is -2.42. The maximum absolute atomic E-state index is 7.02. The zero-order chi connectivity index (χ0) is 53.5. The number of anilines is 9. The van der Waals surface area contributed by atoms with E-state index in [0.717, 1.165) is 124 Å². The van der Waals surface area contributed by atoms with Crippen molar-refractivity contribution < 1.29 is 9.15 Å². The van der Waals surface area contributed by atoms with Crippen LogP contribution in [0.15, 0.2) is 259 Å². The lowest BCUT2D eigenvalue weighted by molar-refractivity contribution is 0.418. The van der Waals surface area contributed by atoms with E-state index < -0.39 is 0 Å². The molecular formula is C73H55BN4O2. The van der Waals surface area contributed by atoms with Crippen molar-refractivity contribution in [2.24, 2.45) is 0 Å². The number of furan rings is 1. The van der Waals surface area contributed by atoms with E-state index in [1.54, 1.807) is 0 Å². The van der Waals surface area contributed by atoms with Crippen molar-refractivity contribution in [1.82, 2.24) is 4.98 Å². The maximum atomic E-state index is 7.02. The molecule has 0 aliphatic carbocycles. The Morgan fingerprint density at radius 2 is 1.09 bits per heavy atom. The molecular weight excluding hydrogens is 976 g/mol. The molecule has 0 atom stereocenters. The number of fused-ring (bicyclic) bond motifs is 9. The first kappa shape index (κ1) is 47.3. The van der Waals surface area contributed by atoms with Gasteiger partial charge in [-0.2, -0.15) is 0 Å². The Morgan fingerprint density at radius 1 is 0.475 bits per heavy atom. The van der Waals surface area contributed by atoms with Crippen LogP contribution in [0.1, 0.15) is 37.5 Å². The number of aromatic amines is 1. The zero-order valence-corrected chi connectivity index (χ0v) is 44.8. The molecule has 2 aliphatic rings. The number of ether oxygens (including phenoxy) is 1. The molecule has 80 heavy (non-hydrogen) atoms. The highest BCUT2D eigenvalue weighted by molar-refractivity contribution is 6.73. The molecule has 2 aliphatic heterocycles. The summed E-state index contributed by atoms with van der Waals surface area (Å²) in [6, 6.07) is 92.1. The summed E-state index contributed by atoms with van der Waals surface area (Å²) in [6.07, 6.45) is 0.910. The second-order valence-corrected chi connectivity index (χ2v) is 21.6. The Balaban J connectivity index is 1.07. The largest absolute Gasteiger partial charge is 0.457 e. The van der Waals surface area contributed by atoms with Crippen molar-refractivity contribution in [2.75, 3.05) is 14.7 Å². The van der Waals surface area contributed by atoms with E-state index in [9.17, 15) is 0 Å². The van der Waals surface area contributed by atoms with Crippen LogP contribution in [0.4, 0.5) is 51.2 Å². The Hall–Kier alpha value is -9.98. The van der Waals surface area contributed by atoms with Crippen LogP contribution in [-0.2, 0) is 11.8 Å². The van der Waals surface area contributed by atoms with Gasteiger partial charge in [0, 0.05) is 84.3 Å². The van der Waals surface area contributed by atoms with E-state index in [-0.39, 0.29) is 5.41 Å². The van der Waals surface area contributed by atoms with E-state index >= 15 is 0 Å². The van der Waals surface area contributed by atoms with Crippen LogP contribution in [0.5, 0.6) is 11.5 Å². The van der Waals surface area contributed by atoms with Gasteiger partial charge in [0.1, 0.15) is 17.1 Å². The van der Waals surface area contributed by atoms with Crippen LogP contribution < -0.4 is 30.4 Å². The highest BCUT2D eigenvalue weighted by Gasteiger charge is 2.39. The van der Waals surface area contributed by atoms with Gasteiger partial charge < -0.3 is 28.8 Å². The predicted octanol–water partition coefficient (Wildman–Crippen LogP) is 18.5. The molecule has 15 rings (SSSR count). The van der Waals surface area contributed by atoms with E-state index in [4.69, 9.17) is 9.15 Å². The van der Waals surface area contributed by atoms with Gasteiger partial charge in [0.05, 0.1) is 22.3 Å². The molecule has 0 radical (unpaired) electrons. The van der Waals surface area contributed by atoms with E-state index in [1.165, 1.54) is 27.6 Å². The third-order valence-corrected chi connectivity index (χ3v) is 16.6. The van der Waals surface area contributed by atoms with Gasteiger partial charge in [0.15, 0.2) is 7.28 Å². The van der Waals surface area contributed by atoms with Crippen LogP contribution in [0.2, 0.25) is 0 Å². The summed E-state index contributed by atoms with van der Waals surface area (Å²) < 4.78 is 13.9. The topological polar surface area (TPSA) is 47.9 Å². The van der Waals surface area contributed by atoms with E-state index in [0.29, 0.717) is 7.28 Å². The first-order valence-electron chi connectivity index (χ1n) is 27.8. The minimum atomic E-state index is -0.326. The summed E-state index contributed by atoms with van der Waals surface area (Å²) in [5.41, 5.74) is 22.4. The zero-order valence-electron chi connectivity index (χ0n) is 44.8. The van der Waals surface area contributed by atoms with Crippen molar-refractivity contribution in [3.63, 3.8) is 0 Å². The Morgan fingerprint density at radius 3 is 1.76 bits per heavy atom. The molecule has 382 valence electrons. The lowest BCUT2D eigenvalue weighted by Gasteiger charge is -2.40. The second-order valence-electron chi connectivity index (χ2n) is 21.6. The van der Waals surface area contributed by atoms with Crippen LogP contribution in [-0.4, -0.2) is 12.3 Å². The number of H-pyrrole nitrogens is 1. The van der Waals surface area contributed by atoms with Gasteiger partial charge in [-0.15, -0.1) is 0 Å². The number of rotatable bonds is 10. The highest BCUT2D eigenvalue weighted by Crippen LogP contribution is 2.53. The summed E-state index contributed by atoms with van der Waals surface area (Å²) in [5.74, 6) is 1.77. The molecule has 13 aromatic rings. The molecule has 0 fully saturated rings. The smallest absolute Gasteiger partial charge is 0.206 e. The fraction of sp³-hybridized carbons (Fsp3) is 0.0685. The quantitative estimate of drug-likeness (QED) is 0.138. The molecule has 4 heterocycles. The first-order chi connectivity index (χ1) is 39.4. The fourth-order valence-corrected chi connectivity index (χ4v) is 12.8. The minimum absolute atomic E-state index is 0.326. The molecule has 0 saturated carbocycles. The molecule has 7 heteroatoms. The van der Waals surface area contributed by atoms with Gasteiger partial charge >= 0.3 is 0 Å². The molecule has 2 aromatic heterocycles. The SMILES string of the molecule is CCc1ccc(N2c3cc4c(cc3Bc3c(-c5ccc(N(c6ccccc6)c6ccccc6)c6c5[nH]c5oc7ccccc7c56)cc(N(c5ccccc5)c5ccccc5)cc32)C(C)(C)c2ccccc2O4)c(-c2ccccc2)c1. The molecule has 0 unspecified atom stereocenters. The standard InChI is InChI=1S/C73H55BN4O2/c1-4-47-38-40-61(56(42-47)48-24-10-5-11-25-48)78-63-46-67-59(73(2,3)58-35-21-23-37-66(58)79-67)45-60(63)74-70-57(43-53(44-64(70)78)76(49-26-12-6-13-27-49)50-28-14-7-15-29-50)54-39-41-62(77(51-30-16-8-17-31-51)52-32-18-9-19-33-52)69-68-55-34-20-22-36-65(55)80-72(68)75-71(54)69/h5-46,74-75H,4H2,1-3H3. The minimum Gasteiger partial charge on any atom is -0.457 e. The third kappa shape index (κ3) is 7.64. The van der Waals surface area contributed by atoms with Gasteiger partial charge in [-0.05, 0) is 120 Å². The Bertz CT molecular complexity index is 4420. The number of hydrogen-bond donors (Lipinski definition) is 1. The van der Waals surface area contributed by atoms with Gasteiger partial charge in [0.2, 0.25) is 5.71 Å². The van der Waals surface area contributed by atoms with Crippen LogP contribution in [0.3, 0.4) is 0 Å². The summed E-state index contributed by atoms with van der Waals surface area (Å²) >= 11 is 0. The van der Waals surface area contributed by atoms with Gasteiger partial charge in [-0.1, -0.05) is 184 Å². The summed E-state index contributed by atoms with van der Waals surface area (Å²) in [5, 5.41) is 3.19. The average molecular weight is 1030 g/mol. The Labute approximate surface area is 466 Å². The number of hydrogen-bond acceptors (Lipinski definition) is 5. The van der Waals surface area contributed by atoms with Gasteiger partial charge in [-0.25, -0.2) is 0 Å². The summed E-state index contributed by atoms with van der Waals surface area (Å²) in [7, 11) is 0.662. The monoisotopic (exact) mass is 1030 g/mol. The molecule has 11 aromatic carbocycles. The fourth-order valence-electron chi connectivity index (χ4n) is 12.8. The number of aryl methyl sites for hydroxylation is 1. The normalized spacial score (nSPS) is 13.0. The van der Waals surface area contributed by atoms with Gasteiger partial charge in [-0.3, -0.25) is 0 Å². The molecule has 1 N–H and O–H groups in total. The van der Waals surface area contributed by atoms with E-state index in [1.807, 2.05) is 6.07 Å². The highest BCUT2D eigenvalue weighted by atomic mass is 16.5. The number of aromatic nitrogens is 1. The van der Waals surface area contributed by atoms with E-state index in [2.05, 4.69) is 289 Å². The van der Waals surface area contributed by atoms with Crippen molar-refractivity contribution in [3.05, 3.63) is 271 Å². The van der Waals surface area contributed by atoms with Crippen molar-refractivity contribution in [1.29, 1.82) is 0 Å². The Kier molecular flexibility index (Phi) is 11.2. The maximum Gasteiger partial charge on any atom is 0.206 e. The number of nitrogens with zero attached hydrogens (tertiary/aromatic N) is 3. The second kappa shape index (κ2) is 18.9. The molecule has 0 spiro atoms. The van der Waals surface area contributed by atoms with Gasteiger partial charge in [0.25, 0.3) is 0 Å². The average Bonchev–Trinajstić information content (AvgIpc) is 4.15. The molecule has 0 bridgehead atoms. The van der Waals surface area contributed by atoms with Crippen LogP contribution in [0.25, 0.3) is 55.2 Å². The van der Waals surface area contributed by atoms with Crippen LogP contribution >= 0.6 is 0 Å². The molecule has 0 saturated heterocycles. The van der Waals surface area contributed by atoms with Crippen LogP contribution in [0, 0.1) is 0 Å². The number of benzene rings is 11. The first-order valence-corrected chi connectivity index (χ1v) is 27.8. The summed E-state index contributed by atoms with van der Waals surface area (Å²) in [6.45, 7) is 6.91. The lowest BCUT2D eigenvalue weighted by atomic mass is 9.57. The van der Waals surface area contributed by atoms with Crippen molar-refractivity contribution in [3.8, 4) is 33.8 Å².